The third-order valence-electron chi connectivity index (χ3n) is 9.68. The molecular weight excluding hydrogens is 673 g/mol. The van der Waals surface area contributed by atoms with Crippen molar-refractivity contribution in [3.63, 3.8) is 0 Å². The number of hydrogen-bond acceptors (Lipinski definition) is 7. The fourth-order valence-electron chi connectivity index (χ4n) is 6.40. The molecule has 0 saturated heterocycles. The zero-order valence-corrected chi connectivity index (χ0v) is 35.2. The number of ether oxygens (including phenoxy) is 2. The van der Waals surface area contributed by atoms with Gasteiger partial charge in [-0.2, -0.15) is 0 Å². The molecule has 310 valence electrons. The summed E-state index contributed by atoms with van der Waals surface area (Å²) >= 11 is 0. The van der Waals surface area contributed by atoms with Gasteiger partial charge in [0.2, 0.25) is 0 Å². The van der Waals surface area contributed by atoms with Crippen LogP contribution in [0.15, 0.2) is 12.2 Å². The predicted molar refractivity (Wildman–Crippen MR) is 220 cm³/mol. The summed E-state index contributed by atoms with van der Waals surface area (Å²) in [6.45, 7) is 4.95. The van der Waals surface area contributed by atoms with Crippen LogP contribution in [0.5, 0.6) is 0 Å². The first-order valence-electron chi connectivity index (χ1n) is 22.2. The SMILES string of the molecule is CCCCCCCCCC/C=C\CCCCCCCCCCCCCC(=O)OC(COCCCCCCCCCCCC)COP(=O)(O)OCCN. The van der Waals surface area contributed by atoms with Crippen molar-refractivity contribution in [3.8, 4) is 0 Å². The molecule has 0 spiro atoms. The second kappa shape index (κ2) is 41.4. The third-order valence-corrected chi connectivity index (χ3v) is 10.7. The van der Waals surface area contributed by atoms with Crippen molar-refractivity contribution in [1.82, 2.24) is 0 Å². The Morgan fingerprint density at radius 2 is 0.962 bits per heavy atom. The van der Waals surface area contributed by atoms with E-state index in [-0.39, 0.29) is 32.3 Å². The van der Waals surface area contributed by atoms with Crippen molar-refractivity contribution >= 4 is 13.8 Å². The Morgan fingerprint density at radius 1 is 0.558 bits per heavy atom. The smallest absolute Gasteiger partial charge is 0.457 e. The highest BCUT2D eigenvalue weighted by Crippen LogP contribution is 2.43. The van der Waals surface area contributed by atoms with Gasteiger partial charge in [-0.1, -0.05) is 187 Å². The molecule has 8 nitrogen and oxygen atoms in total. The summed E-state index contributed by atoms with van der Waals surface area (Å²) in [6.07, 6.45) is 43.8. The largest absolute Gasteiger partial charge is 0.472 e. The first-order valence-corrected chi connectivity index (χ1v) is 23.7. The van der Waals surface area contributed by atoms with Gasteiger partial charge < -0.3 is 20.1 Å². The molecule has 0 aliphatic heterocycles. The molecule has 9 heteroatoms. The van der Waals surface area contributed by atoms with Crippen molar-refractivity contribution in [2.45, 2.75) is 225 Å². The fraction of sp³-hybridized carbons (Fsp3) is 0.930. The lowest BCUT2D eigenvalue weighted by Gasteiger charge is -2.20. The molecule has 0 aromatic heterocycles. The molecular formula is C43H86NO7P. The molecule has 0 aromatic carbocycles. The number of allylic oxidation sites excluding steroid dienone is 2. The van der Waals surface area contributed by atoms with Crippen LogP contribution < -0.4 is 5.73 Å². The third kappa shape index (κ3) is 40.4. The Morgan fingerprint density at radius 3 is 1.40 bits per heavy atom. The van der Waals surface area contributed by atoms with Gasteiger partial charge >= 0.3 is 13.8 Å². The van der Waals surface area contributed by atoms with Gasteiger partial charge in [-0.15, -0.1) is 0 Å². The minimum Gasteiger partial charge on any atom is -0.457 e. The Bertz CT molecular complexity index is 812. The van der Waals surface area contributed by atoms with Gasteiger partial charge in [0, 0.05) is 19.6 Å². The maximum absolute atomic E-state index is 12.6. The van der Waals surface area contributed by atoms with Gasteiger partial charge in [0.15, 0.2) is 0 Å². The van der Waals surface area contributed by atoms with E-state index in [9.17, 15) is 14.3 Å². The summed E-state index contributed by atoms with van der Waals surface area (Å²) < 4.78 is 33.4. The Hall–Kier alpha value is -0.760. The van der Waals surface area contributed by atoms with Crippen molar-refractivity contribution in [3.05, 3.63) is 12.2 Å². The Labute approximate surface area is 322 Å². The predicted octanol–water partition coefficient (Wildman–Crippen LogP) is 13.1. The van der Waals surface area contributed by atoms with Crippen LogP contribution in [-0.2, 0) is 27.9 Å². The number of rotatable bonds is 43. The molecule has 52 heavy (non-hydrogen) atoms. The lowest BCUT2D eigenvalue weighted by molar-refractivity contribution is -0.154. The molecule has 0 heterocycles. The minimum absolute atomic E-state index is 0.0922. The van der Waals surface area contributed by atoms with E-state index in [0.717, 1.165) is 32.1 Å². The van der Waals surface area contributed by atoms with E-state index in [1.807, 2.05) is 0 Å². The number of unbranched alkanes of at least 4 members (excludes halogenated alkanes) is 28. The van der Waals surface area contributed by atoms with Crippen molar-refractivity contribution < 1.29 is 32.8 Å². The number of nitrogens with two attached hydrogens (primary N) is 1. The van der Waals surface area contributed by atoms with Crippen molar-refractivity contribution in [2.24, 2.45) is 5.73 Å². The summed E-state index contributed by atoms with van der Waals surface area (Å²) in [6, 6.07) is 0. The minimum atomic E-state index is -4.27. The first-order chi connectivity index (χ1) is 25.4. The van der Waals surface area contributed by atoms with Gasteiger partial charge in [0.05, 0.1) is 19.8 Å². The number of phosphoric acid groups is 1. The standard InChI is InChI=1S/C43H86NO7P/c1-3-5-7-9-11-13-15-16-17-18-19-20-21-22-23-24-25-26-27-28-30-32-34-36-43(45)51-42(41-50-52(46,47)49-39-37-44)40-48-38-35-33-31-29-14-12-10-8-6-4-2/h18-19,42H,3-17,20-41,44H2,1-2H3,(H,46,47)/b19-18-. The van der Waals surface area contributed by atoms with E-state index in [2.05, 4.69) is 26.0 Å². The van der Waals surface area contributed by atoms with E-state index >= 15 is 0 Å². The van der Waals surface area contributed by atoms with Gasteiger partial charge in [-0.25, -0.2) is 4.57 Å². The average molecular weight is 760 g/mol. The zero-order valence-electron chi connectivity index (χ0n) is 34.3. The molecule has 2 atom stereocenters. The molecule has 0 amide bonds. The van der Waals surface area contributed by atoms with Crippen molar-refractivity contribution in [2.75, 3.05) is 33.0 Å². The number of phosphoric ester groups is 1. The van der Waals surface area contributed by atoms with E-state index in [1.54, 1.807) is 0 Å². The fourth-order valence-corrected chi connectivity index (χ4v) is 7.17. The highest BCUT2D eigenvalue weighted by Gasteiger charge is 2.25. The topological polar surface area (TPSA) is 117 Å². The van der Waals surface area contributed by atoms with Crippen LogP contribution in [0.2, 0.25) is 0 Å². The highest BCUT2D eigenvalue weighted by atomic mass is 31.2. The number of carbonyl (C=O) groups excluding carboxylic acids is 1. The Balaban J connectivity index is 3.89. The summed E-state index contributed by atoms with van der Waals surface area (Å²) in [5.41, 5.74) is 5.36. The summed E-state index contributed by atoms with van der Waals surface area (Å²) in [5, 5.41) is 0. The van der Waals surface area contributed by atoms with E-state index < -0.39 is 13.9 Å². The molecule has 0 saturated carbocycles. The molecule has 0 fully saturated rings. The summed E-state index contributed by atoms with van der Waals surface area (Å²) in [4.78, 5) is 22.4. The Kier molecular flexibility index (Phi) is 40.8. The normalized spacial score (nSPS) is 13.5. The highest BCUT2D eigenvalue weighted by molar-refractivity contribution is 7.47. The molecule has 2 unspecified atom stereocenters. The second-order valence-corrected chi connectivity index (χ2v) is 16.4. The van der Waals surface area contributed by atoms with E-state index in [4.69, 9.17) is 24.3 Å². The van der Waals surface area contributed by atoms with Crippen molar-refractivity contribution in [1.29, 1.82) is 0 Å². The summed E-state index contributed by atoms with van der Waals surface area (Å²) in [7, 11) is -4.27. The van der Waals surface area contributed by atoms with Gasteiger partial charge in [0.25, 0.3) is 0 Å². The van der Waals surface area contributed by atoms with Crippen LogP contribution in [0.25, 0.3) is 0 Å². The van der Waals surface area contributed by atoms with Crippen LogP contribution in [0.4, 0.5) is 0 Å². The zero-order chi connectivity index (χ0) is 38.1. The van der Waals surface area contributed by atoms with Gasteiger partial charge in [-0.05, 0) is 38.5 Å². The maximum atomic E-state index is 12.6. The lowest BCUT2D eigenvalue weighted by Crippen LogP contribution is -2.28. The molecule has 0 bridgehead atoms. The van der Waals surface area contributed by atoms with Crippen LogP contribution in [0.3, 0.4) is 0 Å². The maximum Gasteiger partial charge on any atom is 0.472 e. The molecule has 0 rings (SSSR count). The molecule has 0 aromatic rings. The van der Waals surface area contributed by atoms with E-state index in [0.29, 0.717) is 13.0 Å². The number of esters is 1. The van der Waals surface area contributed by atoms with Crippen LogP contribution in [-0.4, -0.2) is 49.9 Å². The quantitative estimate of drug-likeness (QED) is 0.0273. The number of hydrogen-bond donors (Lipinski definition) is 2. The molecule has 0 aliphatic carbocycles. The second-order valence-electron chi connectivity index (χ2n) is 14.9. The summed E-state index contributed by atoms with van der Waals surface area (Å²) in [5.74, 6) is -0.328. The van der Waals surface area contributed by atoms with E-state index in [1.165, 1.54) is 167 Å². The van der Waals surface area contributed by atoms with Crippen LogP contribution in [0, 0.1) is 0 Å². The van der Waals surface area contributed by atoms with Crippen LogP contribution >= 0.6 is 7.82 Å². The lowest BCUT2D eigenvalue weighted by atomic mass is 10.0. The van der Waals surface area contributed by atoms with Crippen LogP contribution in [0.1, 0.15) is 219 Å². The molecule has 3 N–H and O–H groups in total. The average Bonchev–Trinajstić information content (AvgIpc) is 3.13. The molecule has 0 aliphatic rings. The monoisotopic (exact) mass is 760 g/mol. The van der Waals surface area contributed by atoms with Gasteiger partial charge in [-0.3, -0.25) is 13.8 Å². The van der Waals surface area contributed by atoms with Gasteiger partial charge in [0.1, 0.15) is 6.10 Å². The first kappa shape index (κ1) is 51.2. The molecule has 0 radical (unpaired) electrons. The number of carbonyl (C=O) groups is 1.